The number of rotatable bonds is 4. The van der Waals surface area contributed by atoms with Crippen molar-refractivity contribution in [2.75, 3.05) is 11.6 Å². The third-order valence-electron chi connectivity index (χ3n) is 4.19. The molecule has 0 aliphatic rings. The SMILES string of the molecule is CS(=O)(=O)c1ccncc1Nc1cc(-c2ccc(F)cc2)c2nccnc2c1. The molecule has 2 aromatic heterocycles. The van der Waals surface area contributed by atoms with Gasteiger partial charge in [0.1, 0.15) is 5.82 Å². The monoisotopic (exact) mass is 394 g/mol. The summed E-state index contributed by atoms with van der Waals surface area (Å²) < 4.78 is 37.4. The summed E-state index contributed by atoms with van der Waals surface area (Å²) in [6.45, 7) is 0. The summed E-state index contributed by atoms with van der Waals surface area (Å²) in [6, 6.07) is 11.1. The highest BCUT2D eigenvalue weighted by atomic mass is 32.2. The van der Waals surface area contributed by atoms with Crippen molar-refractivity contribution in [3.63, 3.8) is 0 Å². The number of anilines is 2. The Morgan fingerprint density at radius 3 is 2.46 bits per heavy atom. The van der Waals surface area contributed by atoms with E-state index < -0.39 is 9.84 Å². The number of sulfone groups is 1. The predicted molar refractivity (Wildman–Crippen MR) is 106 cm³/mol. The summed E-state index contributed by atoms with van der Waals surface area (Å²) in [7, 11) is -3.44. The number of fused-ring (bicyclic) bond motifs is 1. The van der Waals surface area contributed by atoms with Crippen LogP contribution in [0.2, 0.25) is 0 Å². The molecular weight excluding hydrogens is 379 g/mol. The molecule has 0 aliphatic heterocycles. The molecular formula is C20H15FN4O2S. The highest BCUT2D eigenvalue weighted by molar-refractivity contribution is 7.90. The van der Waals surface area contributed by atoms with Crippen molar-refractivity contribution in [1.82, 2.24) is 15.0 Å². The van der Waals surface area contributed by atoms with E-state index in [1.54, 1.807) is 30.6 Å². The summed E-state index contributed by atoms with van der Waals surface area (Å²) in [5.41, 5.74) is 3.78. The Labute approximate surface area is 161 Å². The number of aromatic nitrogens is 3. The molecule has 1 N–H and O–H groups in total. The van der Waals surface area contributed by atoms with E-state index in [0.717, 1.165) is 17.4 Å². The van der Waals surface area contributed by atoms with E-state index in [1.807, 2.05) is 6.07 Å². The van der Waals surface area contributed by atoms with Gasteiger partial charge in [-0.25, -0.2) is 12.8 Å². The van der Waals surface area contributed by atoms with Gasteiger partial charge in [-0.3, -0.25) is 15.0 Å². The first-order valence-electron chi connectivity index (χ1n) is 8.33. The zero-order valence-corrected chi connectivity index (χ0v) is 15.6. The van der Waals surface area contributed by atoms with Crippen LogP contribution in [0.25, 0.3) is 22.2 Å². The summed E-state index contributed by atoms with van der Waals surface area (Å²) in [5.74, 6) is -0.332. The molecule has 2 heterocycles. The van der Waals surface area contributed by atoms with E-state index in [1.165, 1.54) is 30.6 Å². The number of hydrogen-bond acceptors (Lipinski definition) is 6. The van der Waals surface area contributed by atoms with Crippen molar-refractivity contribution < 1.29 is 12.8 Å². The highest BCUT2D eigenvalue weighted by Gasteiger charge is 2.15. The second kappa shape index (κ2) is 6.97. The van der Waals surface area contributed by atoms with Gasteiger partial charge >= 0.3 is 0 Å². The Morgan fingerprint density at radius 1 is 0.964 bits per heavy atom. The number of pyridine rings is 1. The van der Waals surface area contributed by atoms with Gasteiger partial charge in [-0.1, -0.05) is 12.1 Å². The van der Waals surface area contributed by atoms with E-state index in [-0.39, 0.29) is 10.7 Å². The van der Waals surface area contributed by atoms with Gasteiger partial charge in [-0.2, -0.15) is 0 Å². The maximum absolute atomic E-state index is 13.3. The van der Waals surface area contributed by atoms with Crippen LogP contribution in [0.15, 0.2) is 72.1 Å². The van der Waals surface area contributed by atoms with Crippen molar-refractivity contribution in [3.8, 4) is 11.1 Å². The van der Waals surface area contributed by atoms with E-state index in [0.29, 0.717) is 22.4 Å². The van der Waals surface area contributed by atoms with Crippen LogP contribution in [0.5, 0.6) is 0 Å². The number of nitrogens with zero attached hydrogens (tertiary/aromatic N) is 3. The second-order valence-corrected chi connectivity index (χ2v) is 8.21. The summed E-state index contributed by atoms with van der Waals surface area (Å²) >= 11 is 0. The van der Waals surface area contributed by atoms with E-state index in [9.17, 15) is 12.8 Å². The molecule has 0 spiro atoms. The van der Waals surface area contributed by atoms with Crippen molar-refractivity contribution in [2.24, 2.45) is 0 Å². The molecule has 6 nitrogen and oxygen atoms in total. The lowest BCUT2D eigenvalue weighted by Gasteiger charge is -2.13. The normalized spacial score (nSPS) is 11.5. The lowest BCUT2D eigenvalue weighted by molar-refractivity contribution is 0.602. The van der Waals surface area contributed by atoms with Crippen LogP contribution >= 0.6 is 0 Å². The van der Waals surface area contributed by atoms with Crippen LogP contribution in [0.1, 0.15) is 0 Å². The molecule has 0 saturated heterocycles. The van der Waals surface area contributed by atoms with Crippen molar-refractivity contribution in [3.05, 3.63) is 73.1 Å². The van der Waals surface area contributed by atoms with E-state index in [2.05, 4.69) is 20.3 Å². The minimum absolute atomic E-state index is 0.144. The van der Waals surface area contributed by atoms with E-state index in [4.69, 9.17) is 0 Å². The zero-order chi connectivity index (χ0) is 19.7. The highest BCUT2D eigenvalue weighted by Crippen LogP contribution is 2.32. The molecule has 0 atom stereocenters. The third-order valence-corrected chi connectivity index (χ3v) is 5.34. The first-order chi connectivity index (χ1) is 13.4. The third kappa shape index (κ3) is 3.54. The minimum Gasteiger partial charge on any atom is -0.353 e. The van der Waals surface area contributed by atoms with E-state index >= 15 is 0 Å². The minimum atomic E-state index is -3.44. The fraction of sp³-hybridized carbons (Fsp3) is 0.0500. The molecule has 4 rings (SSSR count). The smallest absolute Gasteiger partial charge is 0.177 e. The molecule has 0 unspecified atom stereocenters. The number of halogens is 1. The average molecular weight is 394 g/mol. The molecule has 0 bridgehead atoms. The predicted octanol–water partition coefficient (Wildman–Crippen LogP) is 3.98. The molecule has 8 heteroatoms. The largest absolute Gasteiger partial charge is 0.353 e. The van der Waals surface area contributed by atoms with Crippen LogP contribution in [0.3, 0.4) is 0 Å². The van der Waals surface area contributed by atoms with Crippen LogP contribution in [0.4, 0.5) is 15.8 Å². The summed E-state index contributed by atoms with van der Waals surface area (Å²) in [5, 5.41) is 3.11. The Kier molecular flexibility index (Phi) is 4.48. The standard InChI is InChI=1S/C20H15FN4O2S/c1-28(26,27)19-6-7-22-12-18(19)25-15-10-16(13-2-4-14(21)5-3-13)20-17(11-15)23-8-9-24-20/h2-12,25H,1H3. The molecule has 28 heavy (non-hydrogen) atoms. The van der Waals surface area contributed by atoms with Gasteiger partial charge < -0.3 is 5.32 Å². The van der Waals surface area contributed by atoms with Gasteiger partial charge in [-0.15, -0.1) is 0 Å². The molecule has 140 valence electrons. The van der Waals surface area contributed by atoms with Crippen LogP contribution < -0.4 is 5.32 Å². The Hall–Kier alpha value is -3.39. The van der Waals surface area contributed by atoms with Crippen molar-refractivity contribution in [2.45, 2.75) is 4.90 Å². The summed E-state index contributed by atoms with van der Waals surface area (Å²) in [4.78, 5) is 12.9. The topological polar surface area (TPSA) is 84.8 Å². The molecule has 2 aromatic carbocycles. The quantitative estimate of drug-likeness (QED) is 0.564. The first-order valence-corrected chi connectivity index (χ1v) is 10.2. The van der Waals surface area contributed by atoms with Gasteiger partial charge in [-0.05, 0) is 35.9 Å². The maximum atomic E-state index is 13.3. The molecule has 0 aliphatic carbocycles. The lowest BCUT2D eigenvalue weighted by Crippen LogP contribution is -2.03. The lowest BCUT2D eigenvalue weighted by atomic mass is 10.0. The maximum Gasteiger partial charge on any atom is 0.177 e. The summed E-state index contributed by atoms with van der Waals surface area (Å²) in [6.07, 6.45) is 7.19. The molecule has 0 radical (unpaired) electrons. The Morgan fingerprint density at radius 2 is 1.71 bits per heavy atom. The number of hydrogen-bond donors (Lipinski definition) is 1. The van der Waals surface area contributed by atoms with Gasteiger partial charge in [0.2, 0.25) is 0 Å². The fourth-order valence-corrected chi connectivity index (χ4v) is 3.76. The Balaban J connectivity index is 1.87. The molecule has 0 fully saturated rings. The zero-order valence-electron chi connectivity index (χ0n) is 14.8. The first kappa shape index (κ1) is 18.0. The number of benzene rings is 2. The van der Waals surface area contributed by atoms with Gasteiger partial charge in [0.15, 0.2) is 9.84 Å². The van der Waals surface area contributed by atoms with Crippen LogP contribution in [0, 0.1) is 5.82 Å². The fourth-order valence-electron chi connectivity index (χ4n) is 2.95. The average Bonchev–Trinajstić information content (AvgIpc) is 2.68. The Bertz CT molecular complexity index is 1280. The van der Waals surface area contributed by atoms with Crippen molar-refractivity contribution in [1.29, 1.82) is 0 Å². The second-order valence-electron chi connectivity index (χ2n) is 6.22. The van der Waals surface area contributed by atoms with Gasteiger partial charge in [0.05, 0.1) is 27.8 Å². The van der Waals surface area contributed by atoms with Crippen LogP contribution in [-0.2, 0) is 9.84 Å². The van der Waals surface area contributed by atoms with Crippen molar-refractivity contribution >= 4 is 32.2 Å². The number of nitrogens with one attached hydrogen (secondary N) is 1. The van der Waals surface area contributed by atoms with Crippen LogP contribution in [-0.4, -0.2) is 29.6 Å². The molecule has 0 saturated carbocycles. The molecule has 4 aromatic rings. The molecule has 0 amide bonds. The van der Waals surface area contributed by atoms with Gasteiger partial charge in [0.25, 0.3) is 0 Å². The van der Waals surface area contributed by atoms with Gasteiger partial charge in [0, 0.05) is 36.1 Å².